The highest BCUT2D eigenvalue weighted by Gasteiger charge is 2.09. The Morgan fingerprint density at radius 3 is 2.63 bits per heavy atom. The number of rotatable bonds is 7. The van der Waals surface area contributed by atoms with Gasteiger partial charge < -0.3 is 15.7 Å². The summed E-state index contributed by atoms with van der Waals surface area (Å²) in [6, 6.07) is 0. The second-order valence-corrected chi connectivity index (χ2v) is 4.68. The molecule has 0 radical (unpaired) electrons. The molecule has 1 aromatic heterocycles. The first-order valence-corrected chi connectivity index (χ1v) is 6.62. The number of carboxylic acids is 1. The lowest BCUT2D eigenvalue weighted by Crippen LogP contribution is -2.36. The van der Waals surface area contributed by atoms with Crippen LogP contribution in [0.2, 0.25) is 0 Å². The molecule has 8 heteroatoms. The summed E-state index contributed by atoms with van der Waals surface area (Å²) in [5, 5.41) is 15.6. The number of aromatic nitrogens is 1. The number of thiazole rings is 1. The summed E-state index contributed by atoms with van der Waals surface area (Å²) >= 11 is 1.16. The number of aromatic carboxylic acids is 1. The number of hydrogen-bond acceptors (Lipinski definition) is 5. The Labute approximate surface area is 114 Å². The molecule has 3 N–H and O–H groups in total. The van der Waals surface area contributed by atoms with E-state index in [1.54, 1.807) is 0 Å². The third kappa shape index (κ3) is 5.47. The molecule has 0 fully saturated rings. The fraction of sp³-hybridized carbons (Fsp3) is 0.455. The SMILES string of the molecule is CCCC(=O)NCC(=O)NCc1nc(C(=O)O)cs1. The van der Waals surface area contributed by atoms with Gasteiger partial charge in [-0.1, -0.05) is 6.92 Å². The molecular formula is C11H15N3O4S. The van der Waals surface area contributed by atoms with Gasteiger partial charge >= 0.3 is 5.97 Å². The summed E-state index contributed by atoms with van der Waals surface area (Å²) in [4.78, 5) is 37.0. The molecule has 2 amide bonds. The fourth-order valence-electron chi connectivity index (χ4n) is 1.22. The minimum atomic E-state index is -1.10. The Hall–Kier alpha value is -1.96. The average molecular weight is 285 g/mol. The molecule has 0 aliphatic rings. The van der Waals surface area contributed by atoms with E-state index in [1.807, 2.05) is 6.92 Å². The van der Waals surface area contributed by atoms with E-state index in [1.165, 1.54) is 5.38 Å². The van der Waals surface area contributed by atoms with Crippen molar-refractivity contribution < 1.29 is 19.5 Å². The van der Waals surface area contributed by atoms with Gasteiger partial charge in [0.1, 0.15) is 5.01 Å². The molecule has 104 valence electrons. The zero-order chi connectivity index (χ0) is 14.3. The van der Waals surface area contributed by atoms with Gasteiger partial charge in [0.15, 0.2) is 5.69 Å². The van der Waals surface area contributed by atoms with Crippen LogP contribution in [0.25, 0.3) is 0 Å². The van der Waals surface area contributed by atoms with E-state index in [4.69, 9.17) is 5.11 Å². The summed E-state index contributed by atoms with van der Waals surface area (Å²) in [6.45, 7) is 1.94. The van der Waals surface area contributed by atoms with Gasteiger partial charge in [-0.25, -0.2) is 9.78 Å². The van der Waals surface area contributed by atoms with Crippen LogP contribution < -0.4 is 10.6 Å². The lowest BCUT2D eigenvalue weighted by molar-refractivity contribution is -0.126. The normalized spacial score (nSPS) is 9.95. The average Bonchev–Trinajstić information content (AvgIpc) is 2.83. The van der Waals surface area contributed by atoms with Gasteiger partial charge in [0.25, 0.3) is 0 Å². The molecule has 0 bridgehead atoms. The van der Waals surface area contributed by atoms with Crippen LogP contribution in [0.1, 0.15) is 35.3 Å². The molecule has 1 rings (SSSR count). The third-order valence-corrected chi connectivity index (χ3v) is 2.98. The molecule has 0 unspecified atom stereocenters. The molecule has 0 atom stereocenters. The predicted molar refractivity (Wildman–Crippen MR) is 68.8 cm³/mol. The van der Waals surface area contributed by atoms with Crippen LogP contribution in [0.3, 0.4) is 0 Å². The van der Waals surface area contributed by atoms with Crippen molar-refractivity contribution in [1.29, 1.82) is 0 Å². The van der Waals surface area contributed by atoms with Crippen LogP contribution in [0, 0.1) is 0 Å². The minimum Gasteiger partial charge on any atom is -0.476 e. The molecule has 0 spiro atoms. The highest BCUT2D eigenvalue weighted by molar-refractivity contribution is 7.09. The Morgan fingerprint density at radius 1 is 1.32 bits per heavy atom. The summed E-state index contributed by atoms with van der Waals surface area (Å²) in [6.07, 6.45) is 1.12. The van der Waals surface area contributed by atoms with Crippen LogP contribution in [0.15, 0.2) is 5.38 Å². The van der Waals surface area contributed by atoms with E-state index < -0.39 is 5.97 Å². The number of amides is 2. The first-order valence-electron chi connectivity index (χ1n) is 5.74. The number of nitrogens with zero attached hydrogens (tertiary/aromatic N) is 1. The zero-order valence-corrected chi connectivity index (χ0v) is 11.2. The molecule has 1 heterocycles. The van der Waals surface area contributed by atoms with Gasteiger partial charge in [-0.3, -0.25) is 9.59 Å². The minimum absolute atomic E-state index is 0.0366. The zero-order valence-electron chi connectivity index (χ0n) is 10.4. The molecule has 0 saturated carbocycles. The first-order chi connectivity index (χ1) is 9.02. The lowest BCUT2D eigenvalue weighted by atomic mass is 10.3. The van der Waals surface area contributed by atoms with Crippen molar-refractivity contribution in [3.05, 3.63) is 16.1 Å². The molecule has 0 aliphatic heterocycles. The molecule has 0 saturated heterocycles. The van der Waals surface area contributed by atoms with E-state index in [0.717, 1.165) is 17.8 Å². The largest absolute Gasteiger partial charge is 0.476 e. The number of nitrogens with one attached hydrogen (secondary N) is 2. The van der Waals surface area contributed by atoms with Crippen LogP contribution in [0.4, 0.5) is 0 Å². The van der Waals surface area contributed by atoms with Crippen molar-refractivity contribution in [3.8, 4) is 0 Å². The van der Waals surface area contributed by atoms with E-state index in [9.17, 15) is 14.4 Å². The summed E-state index contributed by atoms with van der Waals surface area (Å²) in [5.41, 5.74) is -0.0366. The number of carboxylic acid groups (broad SMARTS) is 1. The van der Waals surface area contributed by atoms with Gasteiger partial charge in [0, 0.05) is 11.8 Å². The second-order valence-electron chi connectivity index (χ2n) is 3.74. The maximum absolute atomic E-state index is 11.4. The third-order valence-electron chi connectivity index (χ3n) is 2.13. The van der Waals surface area contributed by atoms with Gasteiger partial charge in [0.2, 0.25) is 11.8 Å². The van der Waals surface area contributed by atoms with Crippen LogP contribution >= 0.6 is 11.3 Å². The molecule has 7 nitrogen and oxygen atoms in total. The standard InChI is InChI=1S/C11H15N3O4S/c1-2-3-8(15)12-4-9(16)13-5-10-14-7(6-19-10)11(17)18/h6H,2-5H2,1H3,(H,12,15)(H,13,16)(H,17,18). The Kier molecular flexibility index (Phi) is 5.94. The van der Waals surface area contributed by atoms with E-state index >= 15 is 0 Å². The van der Waals surface area contributed by atoms with Crippen molar-refractivity contribution >= 4 is 29.1 Å². The van der Waals surface area contributed by atoms with Crippen molar-refractivity contribution in [1.82, 2.24) is 15.6 Å². The summed E-state index contributed by atoms with van der Waals surface area (Å²) in [7, 11) is 0. The van der Waals surface area contributed by atoms with Gasteiger partial charge in [-0.15, -0.1) is 11.3 Å². The highest BCUT2D eigenvalue weighted by Crippen LogP contribution is 2.09. The summed E-state index contributed by atoms with van der Waals surface area (Å²) in [5.74, 6) is -1.60. The van der Waals surface area contributed by atoms with Crippen LogP contribution in [-0.2, 0) is 16.1 Å². The quantitative estimate of drug-likeness (QED) is 0.671. The monoisotopic (exact) mass is 285 g/mol. The number of carbonyl (C=O) groups is 3. The predicted octanol–water partition coefficient (Wildman–Crippen LogP) is 0.374. The van der Waals surface area contributed by atoms with Crippen LogP contribution in [0.5, 0.6) is 0 Å². The number of hydrogen-bond donors (Lipinski definition) is 3. The highest BCUT2D eigenvalue weighted by atomic mass is 32.1. The lowest BCUT2D eigenvalue weighted by Gasteiger charge is -2.04. The van der Waals surface area contributed by atoms with Crippen molar-refractivity contribution in [2.24, 2.45) is 0 Å². The molecule has 0 aromatic carbocycles. The van der Waals surface area contributed by atoms with Gasteiger partial charge in [0.05, 0.1) is 13.1 Å². The number of carbonyl (C=O) groups excluding carboxylic acids is 2. The van der Waals surface area contributed by atoms with E-state index in [2.05, 4.69) is 15.6 Å². The first kappa shape index (κ1) is 15.1. The maximum atomic E-state index is 11.4. The molecular weight excluding hydrogens is 270 g/mol. The smallest absolute Gasteiger partial charge is 0.355 e. The van der Waals surface area contributed by atoms with E-state index in [0.29, 0.717) is 11.4 Å². The van der Waals surface area contributed by atoms with Crippen molar-refractivity contribution in [2.75, 3.05) is 6.54 Å². The Morgan fingerprint density at radius 2 is 2.05 bits per heavy atom. The van der Waals surface area contributed by atoms with Gasteiger partial charge in [-0.2, -0.15) is 0 Å². The summed E-state index contributed by atoms with van der Waals surface area (Å²) < 4.78 is 0. The Balaban J connectivity index is 2.29. The van der Waals surface area contributed by atoms with Gasteiger partial charge in [-0.05, 0) is 6.42 Å². The fourth-order valence-corrected chi connectivity index (χ4v) is 1.93. The molecule has 0 aliphatic carbocycles. The maximum Gasteiger partial charge on any atom is 0.355 e. The second kappa shape index (κ2) is 7.47. The van der Waals surface area contributed by atoms with Crippen molar-refractivity contribution in [3.63, 3.8) is 0 Å². The Bertz CT molecular complexity index is 472. The molecule has 19 heavy (non-hydrogen) atoms. The van der Waals surface area contributed by atoms with Crippen LogP contribution in [-0.4, -0.2) is 34.4 Å². The molecule has 1 aromatic rings. The van der Waals surface area contributed by atoms with Crippen molar-refractivity contribution in [2.45, 2.75) is 26.3 Å². The topological polar surface area (TPSA) is 108 Å². The van der Waals surface area contributed by atoms with E-state index in [-0.39, 0.29) is 30.6 Å².